The van der Waals surface area contributed by atoms with Crippen molar-refractivity contribution in [1.29, 1.82) is 0 Å². The fourth-order valence-corrected chi connectivity index (χ4v) is 3.79. The summed E-state index contributed by atoms with van der Waals surface area (Å²) in [6, 6.07) is 7.05. The average molecular weight is 273 g/mol. The number of carbonyl (C=O) groups excluding carboxylic acids is 1. The Balaban J connectivity index is 1.67. The number of Topliss-reactive ketones (excluding diaryl/α,β-unsaturated/α-hetero) is 1. The molecule has 108 valence electrons. The largest absolute Gasteiger partial charge is 0.497 e. The first-order chi connectivity index (χ1) is 9.65. The van der Waals surface area contributed by atoms with Gasteiger partial charge in [-0.25, -0.2) is 0 Å². The highest BCUT2D eigenvalue weighted by molar-refractivity contribution is 5.97. The van der Waals surface area contributed by atoms with Crippen molar-refractivity contribution in [3.63, 3.8) is 0 Å². The fourth-order valence-electron chi connectivity index (χ4n) is 3.79. The van der Waals surface area contributed by atoms with E-state index in [0.29, 0.717) is 24.4 Å². The Morgan fingerprint density at radius 3 is 2.60 bits per heavy atom. The number of ketones is 1. The molecule has 1 N–H and O–H groups in total. The molecule has 0 aromatic heterocycles. The standard InChI is InChI=1S/C17H23NO2/c1-11-7-15(20-2)5-6-16(11)17(19)10-12-8-13-3-4-14(9-12)18-13/h5-7,12-14,18H,3-4,8-10H2,1-2H3. The monoisotopic (exact) mass is 273 g/mol. The van der Waals surface area contributed by atoms with Gasteiger partial charge in [0.05, 0.1) is 7.11 Å². The second kappa shape index (κ2) is 5.57. The number of hydrogen-bond acceptors (Lipinski definition) is 3. The van der Waals surface area contributed by atoms with Crippen LogP contribution in [0.4, 0.5) is 0 Å². The summed E-state index contributed by atoms with van der Waals surface area (Å²) >= 11 is 0. The highest BCUT2D eigenvalue weighted by atomic mass is 16.5. The van der Waals surface area contributed by atoms with Crippen molar-refractivity contribution >= 4 is 5.78 Å². The van der Waals surface area contributed by atoms with E-state index in [2.05, 4.69) is 5.32 Å². The molecular formula is C17H23NO2. The lowest BCUT2D eigenvalue weighted by Crippen LogP contribution is -2.38. The number of ether oxygens (including phenoxy) is 1. The zero-order valence-corrected chi connectivity index (χ0v) is 12.3. The van der Waals surface area contributed by atoms with Crippen molar-refractivity contribution < 1.29 is 9.53 Å². The maximum atomic E-state index is 12.5. The second-order valence-corrected chi connectivity index (χ2v) is 6.28. The molecule has 2 heterocycles. The predicted molar refractivity (Wildman–Crippen MR) is 79.3 cm³/mol. The third-order valence-electron chi connectivity index (χ3n) is 4.78. The molecular weight excluding hydrogens is 250 g/mol. The number of benzene rings is 1. The van der Waals surface area contributed by atoms with Crippen LogP contribution in [0.2, 0.25) is 0 Å². The Labute approximate surface area is 120 Å². The van der Waals surface area contributed by atoms with Crippen LogP contribution in [0.5, 0.6) is 5.75 Å². The van der Waals surface area contributed by atoms with Crippen molar-refractivity contribution in [2.45, 2.75) is 51.1 Å². The summed E-state index contributed by atoms with van der Waals surface area (Å²) in [6.45, 7) is 1.99. The van der Waals surface area contributed by atoms with Gasteiger partial charge in [0.25, 0.3) is 0 Å². The number of piperidine rings is 1. The predicted octanol–water partition coefficient (Wildman–Crippen LogP) is 3.11. The molecule has 20 heavy (non-hydrogen) atoms. The summed E-state index contributed by atoms with van der Waals surface area (Å²) in [4.78, 5) is 12.5. The van der Waals surface area contributed by atoms with Crippen molar-refractivity contribution in [3.8, 4) is 5.75 Å². The van der Waals surface area contributed by atoms with Crippen LogP contribution >= 0.6 is 0 Å². The van der Waals surface area contributed by atoms with Crippen LogP contribution in [0, 0.1) is 12.8 Å². The molecule has 0 amide bonds. The van der Waals surface area contributed by atoms with Gasteiger partial charge in [-0.2, -0.15) is 0 Å². The van der Waals surface area contributed by atoms with E-state index in [1.807, 2.05) is 25.1 Å². The van der Waals surface area contributed by atoms with Crippen molar-refractivity contribution in [3.05, 3.63) is 29.3 Å². The summed E-state index contributed by atoms with van der Waals surface area (Å²) in [5.41, 5.74) is 1.88. The van der Waals surface area contributed by atoms with E-state index >= 15 is 0 Å². The summed E-state index contributed by atoms with van der Waals surface area (Å²) in [7, 11) is 1.65. The van der Waals surface area contributed by atoms with Crippen molar-refractivity contribution in [1.82, 2.24) is 5.32 Å². The fraction of sp³-hybridized carbons (Fsp3) is 0.588. The molecule has 2 bridgehead atoms. The summed E-state index contributed by atoms with van der Waals surface area (Å²) in [5.74, 6) is 1.66. The molecule has 0 spiro atoms. The van der Waals surface area contributed by atoms with Crippen LogP contribution in [-0.2, 0) is 0 Å². The highest BCUT2D eigenvalue weighted by Gasteiger charge is 2.34. The number of nitrogens with one attached hydrogen (secondary N) is 1. The van der Waals surface area contributed by atoms with Gasteiger partial charge in [0.1, 0.15) is 5.75 Å². The SMILES string of the molecule is COc1ccc(C(=O)CC2CC3CCC(C2)N3)c(C)c1. The molecule has 2 saturated heterocycles. The summed E-state index contributed by atoms with van der Waals surface area (Å²) < 4.78 is 5.20. The molecule has 1 aromatic rings. The molecule has 2 fully saturated rings. The van der Waals surface area contributed by atoms with Crippen LogP contribution < -0.4 is 10.1 Å². The van der Waals surface area contributed by atoms with Gasteiger partial charge in [0.15, 0.2) is 5.78 Å². The van der Waals surface area contributed by atoms with Gasteiger partial charge < -0.3 is 10.1 Å². The third kappa shape index (κ3) is 2.73. The average Bonchev–Trinajstić information content (AvgIpc) is 2.77. The van der Waals surface area contributed by atoms with E-state index in [4.69, 9.17) is 4.74 Å². The van der Waals surface area contributed by atoms with E-state index < -0.39 is 0 Å². The van der Waals surface area contributed by atoms with Crippen LogP contribution in [0.3, 0.4) is 0 Å². The second-order valence-electron chi connectivity index (χ2n) is 6.28. The molecule has 2 aliphatic heterocycles. The number of fused-ring (bicyclic) bond motifs is 2. The van der Waals surface area contributed by atoms with Crippen LogP contribution in [0.15, 0.2) is 18.2 Å². The maximum Gasteiger partial charge on any atom is 0.163 e. The number of methoxy groups -OCH3 is 1. The van der Waals surface area contributed by atoms with Gasteiger partial charge in [-0.3, -0.25) is 4.79 Å². The first-order valence-electron chi connectivity index (χ1n) is 7.59. The van der Waals surface area contributed by atoms with Gasteiger partial charge >= 0.3 is 0 Å². The number of carbonyl (C=O) groups is 1. The van der Waals surface area contributed by atoms with Gasteiger partial charge in [-0.05, 0) is 62.3 Å². The minimum absolute atomic E-state index is 0.288. The first-order valence-corrected chi connectivity index (χ1v) is 7.59. The van der Waals surface area contributed by atoms with Crippen molar-refractivity contribution in [2.24, 2.45) is 5.92 Å². The van der Waals surface area contributed by atoms with Gasteiger partial charge in [-0.1, -0.05) is 0 Å². The van der Waals surface area contributed by atoms with Gasteiger partial charge in [0.2, 0.25) is 0 Å². The maximum absolute atomic E-state index is 12.5. The topological polar surface area (TPSA) is 38.3 Å². The zero-order valence-electron chi connectivity index (χ0n) is 12.3. The molecule has 1 aromatic carbocycles. The number of rotatable bonds is 4. The van der Waals surface area contributed by atoms with Gasteiger partial charge in [-0.15, -0.1) is 0 Å². The smallest absolute Gasteiger partial charge is 0.163 e. The molecule has 3 heteroatoms. The van der Waals surface area contributed by atoms with Crippen LogP contribution in [-0.4, -0.2) is 25.0 Å². The Morgan fingerprint density at radius 1 is 1.30 bits per heavy atom. The Morgan fingerprint density at radius 2 is 2.00 bits per heavy atom. The molecule has 3 rings (SSSR count). The van der Waals surface area contributed by atoms with Gasteiger partial charge in [0, 0.05) is 24.1 Å². The van der Waals surface area contributed by atoms with E-state index in [1.165, 1.54) is 12.8 Å². The lowest BCUT2D eigenvalue weighted by molar-refractivity contribution is 0.0945. The lowest BCUT2D eigenvalue weighted by atomic mass is 9.86. The normalized spacial score (nSPS) is 28.4. The number of hydrogen-bond donors (Lipinski definition) is 1. The van der Waals surface area contributed by atoms with Crippen LogP contribution in [0.1, 0.15) is 48.0 Å². The highest BCUT2D eigenvalue weighted by Crippen LogP contribution is 2.33. The Hall–Kier alpha value is -1.35. The van der Waals surface area contributed by atoms with E-state index in [9.17, 15) is 4.79 Å². The molecule has 2 unspecified atom stereocenters. The zero-order chi connectivity index (χ0) is 14.1. The Bertz CT molecular complexity index is 500. The molecule has 0 saturated carbocycles. The minimum atomic E-state index is 0.288. The first kappa shape index (κ1) is 13.6. The molecule has 2 atom stereocenters. The van der Waals surface area contributed by atoms with Crippen molar-refractivity contribution in [2.75, 3.05) is 7.11 Å². The summed E-state index contributed by atoms with van der Waals surface area (Å²) in [5, 5.41) is 3.63. The van der Waals surface area contributed by atoms with E-state index in [0.717, 1.165) is 29.7 Å². The molecule has 0 radical (unpaired) electrons. The Kier molecular flexibility index (Phi) is 3.79. The quantitative estimate of drug-likeness (QED) is 0.857. The summed E-state index contributed by atoms with van der Waals surface area (Å²) in [6.07, 6.45) is 5.60. The number of aryl methyl sites for hydroxylation is 1. The lowest BCUT2D eigenvalue weighted by Gasteiger charge is -2.28. The molecule has 3 nitrogen and oxygen atoms in total. The van der Waals surface area contributed by atoms with Crippen LogP contribution in [0.25, 0.3) is 0 Å². The molecule has 0 aliphatic carbocycles. The van der Waals surface area contributed by atoms with E-state index in [-0.39, 0.29) is 5.78 Å². The molecule has 2 aliphatic rings. The minimum Gasteiger partial charge on any atom is -0.497 e. The van der Waals surface area contributed by atoms with E-state index in [1.54, 1.807) is 7.11 Å². The third-order valence-corrected chi connectivity index (χ3v) is 4.78.